The van der Waals surface area contributed by atoms with Crippen molar-refractivity contribution in [2.75, 3.05) is 0 Å². The summed E-state index contributed by atoms with van der Waals surface area (Å²) in [6, 6.07) is 21.8. The highest BCUT2D eigenvalue weighted by Gasteiger charge is 2.13. The van der Waals surface area contributed by atoms with Crippen molar-refractivity contribution < 1.29 is 19.2 Å². The minimum Gasteiger partial charge on any atom is -0.489 e. The lowest BCUT2D eigenvalue weighted by Crippen LogP contribution is -2.08. The Balaban J connectivity index is 1.61. The first-order valence-corrected chi connectivity index (χ1v) is 7.85. The van der Waals surface area contributed by atoms with Crippen LogP contribution in [0.25, 0.3) is 0 Å². The molecule has 0 heterocycles. The van der Waals surface area contributed by atoms with Gasteiger partial charge < -0.3 is 9.47 Å². The molecular weight excluding hydrogens is 334 g/mol. The zero-order valence-corrected chi connectivity index (χ0v) is 13.7. The molecule has 0 saturated carbocycles. The van der Waals surface area contributed by atoms with Crippen LogP contribution in [0.5, 0.6) is 11.5 Å². The maximum atomic E-state index is 12.1. The Bertz CT molecular complexity index is 907. The molecule has 6 heteroatoms. The van der Waals surface area contributed by atoms with Crippen LogP contribution in [0.4, 0.5) is 5.69 Å². The van der Waals surface area contributed by atoms with Crippen LogP contribution in [-0.4, -0.2) is 10.9 Å². The van der Waals surface area contributed by atoms with E-state index in [2.05, 4.69) is 0 Å². The highest BCUT2D eigenvalue weighted by Crippen LogP contribution is 2.21. The van der Waals surface area contributed by atoms with Crippen molar-refractivity contribution in [3.8, 4) is 11.5 Å². The van der Waals surface area contributed by atoms with Gasteiger partial charge in [-0.3, -0.25) is 10.1 Å². The third-order valence-electron chi connectivity index (χ3n) is 3.58. The van der Waals surface area contributed by atoms with Gasteiger partial charge in [0.2, 0.25) is 0 Å². The molecule has 0 aliphatic heterocycles. The van der Waals surface area contributed by atoms with Gasteiger partial charge in [0.15, 0.2) is 0 Å². The van der Waals surface area contributed by atoms with E-state index in [0.29, 0.717) is 18.1 Å². The van der Waals surface area contributed by atoms with Crippen molar-refractivity contribution in [1.29, 1.82) is 0 Å². The van der Waals surface area contributed by atoms with Gasteiger partial charge in [0.05, 0.1) is 10.5 Å². The molecule has 3 aromatic rings. The first-order chi connectivity index (χ1) is 12.6. The Morgan fingerprint density at radius 1 is 0.885 bits per heavy atom. The molecule has 3 rings (SSSR count). The topological polar surface area (TPSA) is 78.7 Å². The van der Waals surface area contributed by atoms with E-state index in [4.69, 9.17) is 9.47 Å². The minimum absolute atomic E-state index is 0.114. The fourth-order valence-electron chi connectivity index (χ4n) is 2.26. The quantitative estimate of drug-likeness (QED) is 0.285. The smallest absolute Gasteiger partial charge is 0.343 e. The predicted octanol–water partition coefficient (Wildman–Crippen LogP) is 4.39. The molecule has 0 saturated heterocycles. The number of carbonyl (C=O) groups excluding carboxylic acids is 1. The van der Waals surface area contributed by atoms with Gasteiger partial charge in [-0.15, -0.1) is 0 Å². The molecule has 0 bridgehead atoms. The molecule has 0 amide bonds. The summed E-state index contributed by atoms with van der Waals surface area (Å²) in [4.78, 5) is 22.3. The zero-order chi connectivity index (χ0) is 18.4. The highest BCUT2D eigenvalue weighted by molar-refractivity contribution is 5.91. The van der Waals surface area contributed by atoms with Gasteiger partial charge in [-0.1, -0.05) is 36.4 Å². The maximum Gasteiger partial charge on any atom is 0.343 e. The van der Waals surface area contributed by atoms with Gasteiger partial charge in [0, 0.05) is 12.1 Å². The molecular formula is C20H15NO5. The Morgan fingerprint density at radius 2 is 1.58 bits per heavy atom. The van der Waals surface area contributed by atoms with Crippen LogP contribution >= 0.6 is 0 Å². The van der Waals surface area contributed by atoms with Crippen LogP contribution in [-0.2, 0) is 6.61 Å². The zero-order valence-electron chi connectivity index (χ0n) is 13.7. The molecule has 0 aromatic heterocycles. The van der Waals surface area contributed by atoms with E-state index in [0.717, 1.165) is 5.56 Å². The fourth-order valence-corrected chi connectivity index (χ4v) is 2.26. The number of ether oxygens (including phenoxy) is 2. The Kier molecular flexibility index (Phi) is 5.24. The van der Waals surface area contributed by atoms with E-state index in [1.165, 1.54) is 24.3 Å². The van der Waals surface area contributed by atoms with E-state index < -0.39 is 10.9 Å². The third-order valence-corrected chi connectivity index (χ3v) is 3.58. The molecule has 0 spiro atoms. The number of non-ortho nitro benzene ring substituents is 1. The average Bonchev–Trinajstić information content (AvgIpc) is 2.68. The normalized spacial score (nSPS) is 10.2. The summed E-state index contributed by atoms with van der Waals surface area (Å²) in [7, 11) is 0. The molecule has 0 aliphatic carbocycles. The lowest BCUT2D eigenvalue weighted by molar-refractivity contribution is -0.384. The molecule has 0 N–H and O–H groups in total. The Labute approximate surface area is 149 Å². The Morgan fingerprint density at radius 3 is 2.27 bits per heavy atom. The van der Waals surface area contributed by atoms with Gasteiger partial charge in [0.1, 0.15) is 18.1 Å². The van der Waals surface area contributed by atoms with Crippen molar-refractivity contribution in [1.82, 2.24) is 0 Å². The summed E-state index contributed by atoms with van der Waals surface area (Å²) < 4.78 is 10.9. The van der Waals surface area contributed by atoms with Crippen molar-refractivity contribution in [3.05, 3.63) is 100 Å². The summed E-state index contributed by atoms with van der Waals surface area (Å²) >= 11 is 0. The monoisotopic (exact) mass is 349 g/mol. The van der Waals surface area contributed by atoms with E-state index in [1.807, 2.05) is 30.3 Å². The summed E-state index contributed by atoms with van der Waals surface area (Å²) in [6.07, 6.45) is 0. The second kappa shape index (κ2) is 7.94. The molecule has 130 valence electrons. The van der Waals surface area contributed by atoms with E-state index >= 15 is 0 Å². The number of rotatable bonds is 6. The van der Waals surface area contributed by atoms with Crippen molar-refractivity contribution in [3.63, 3.8) is 0 Å². The summed E-state index contributed by atoms with van der Waals surface area (Å²) in [5.74, 6) is 0.309. The van der Waals surface area contributed by atoms with Gasteiger partial charge >= 0.3 is 5.97 Å². The van der Waals surface area contributed by atoms with Crippen molar-refractivity contribution in [2.45, 2.75) is 6.61 Å². The van der Waals surface area contributed by atoms with Gasteiger partial charge in [-0.2, -0.15) is 0 Å². The Hall–Kier alpha value is -3.67. The molecule has 26 heavy (non-hydrogen) atoms. The maximum absolute atomic E-state index is 12.1. The van der Waals surface area contributed by atoms with E-state index in [1.54, 1.807) is 24.3 Å². The van der Waals surface area contributed by atoms with Gasteiger partial charge in [-0.25, -0.2) is 4.79 Å². The molecule has 0 fully saturated rings. The highest BCUT2D eigenvalue weighted by atomic mass is 16.6. The average molecular weight is 349 g/mol. The van der Waals surface area contributed by atoms with E-state index in [9.17, 15) is 14.9 Å². The first kappa shape index (κ1) is 17.2. The van der Waals surface area contributed by atoms with Gasteiger partial charge in [0.25, 0.3) is 5.69 Å². The van der Waals surface area contributed by atoms with Crippen LogP contribution < -0.4 is 9.47 Å². The van der Waals surface area contributed by atoms with Crippen molar-refractivity contribution in [2.24, 2.45) is 0 Å². The van der Waals surface area contributed by atoms with Crippen LogP contribution in [0, 0.1) is 10.1 Å². The lowest BCUT2D eigenvalue weighted by Gasteiger charge is -2.08. The molecule has 3 aromatic carbocycles. The number of benzene rings is 3. The number of hydrogen-bond donors (Lipinski definition) is 0. The second-order valence-electron chi connectivity index (χ2n) is 5.44. The number of carbonyl (C=O) groups is 1. The largest absolute Gasteiger partial charge is 0.489 e. The van der Waals surface area contributed by atoms with Crippen molar-refractivity contribution >= 4 is 11.7 Å². The summed E-state index contributed by atoms with van der Waals surface area (Å²) in [6.45, 7) is 0.438. The standard InChI is InChI=1S/C20H15NO5/c22-20(16-7-4-8-17(13-16)21(23)24)26-19-11-9-18(10-12-19)25-14-15-5-2-1-3-6-15/h1-13H,14H2. The van der Waals surface area contributed by atoms with Crippen LogP contribution in [0.1, 0.15) is 15.9 Å². The fraction of sp³-hybridized carbons (Fsp3) is 0.0500. The molecule has 0 aliphatic rings. The molecule has 0 atom stereocenters. The third kappa shape index (κ3) is 4.45. The first-order valence-electron chi connectivity index (χ1n) is 7.85. The predicted molar refractivity (Wildman–Crippen MR) is 95.3 cm³/mol. The van der Waals surface area contributed by atoms with E-state index in [-0.39, 0.29) is 11.3 Å². The molecule has 0 radical (unpaired) electrons. The summed E-state index contributed by atoms with van der Waals surface area (Å²) in [5.41, 5.74) is 1.00. The summed E-state index contributed by atoms with van der Waals surface area (Å²) in [5, 5.41) is 10.8. The second-order valence-corrected chi connectivity index (χ2v) is 5.44. The lowest BCUT2D eigenvalue weighted by atomic mass is 10.2. The van der Waals surface area contributed by atoms with Crippen LogP contribution in [0.3, 0.4) is 0 Å². The minimum atomic E-state index is -0.661. The number of hydrogen-bond acceptors (Lipinski definition) is 5. The number of nitro benzene ring substituents is 1. The molecule has 0 unspecified atom stereocenters. The van der Waals surface area contributed by atoms with Gasteiger partial charge in [-0.05, 0) is 35.9 Å². The molecule has 6 nitrogen and oxygen atoms in total. The number of esters is 1. The van der Waals surface area contributed by atoms with Crippen LogP contribution in [0.2, 0.25) is 0 Å². The number of nitro groups is 1. The number of nitrogens with zero attached hydrogens (tertiary/aromatic N) is 1. The SMILES string of the molecule is O=C(Oc1ccc(OCc2ccccc2)cc1)c1cccc([N+](=O)[O-])c1. The van der Waals surface area contributed by atoms with Crippen LogP contribution in [0.15, 0.2) is 78.9 Å².